The Balaban J connectivity index is 2.51. The topological polar surface area (TPSA) is 37.4 Å². The number of benzene rings is 2. The summed E-state index contributed by atoms with van der Waals surface area (Å²) < 4.78 is 51.6. The molecular formula is C15H15F2NO2S. The molecule has 0 saturated heterocycles. The molecule has 6 heteroatoms. The predicted octanol–water partition coefficient (Wildman–Crippen LogP) is 3.72. The Morgan fingerprint density at radius 1 is 0.857 bits per heavy atom. The van der Waals surface area contributed by atoms with Crippen LogP contribution in [0.4, 0.5) is 14.5 Å². The number of hydrogen-bond acceptors (Lipinski definition) is 2. The number of hydrogen-bond donors (Lipinski definition) is 0. The summed E-state index contributed by atoms with van der Waals surface area (Å²) in [6.07, 6.45) is 0. The highest BCUT2D eigenvalue weighted by Gasteiger charge is 2.31. The summed E-state index contributed by atoms with van der Waals surface area (Å²) in [5, 5.41) is 0. The zero-order chi connectivity index (χ0) is 15.6. The van der Waals surface area contributed by atoms with Gasteiger partial charge in [-0.1, -0.05) is 35.4 Å². The van der Waals surface area contributed by atoms with Crippen LogP contribution in [0.5, 0.6) is 0 Å². The van der Waals surface area contributed by atoms with Gasteiger partial charge in [-0.05, 0) is 38.1 Å². The van der Waals surface area contributed by atoms with Crippen molar-refractivity contribution in [3.05, 3.63) is 59.7 Å². The summed E-state index contributed by atoms with van der Waals surface area (Å²) >= 11 is 0. The zero-order valence-electron chi connectivity index (χ0n) is 11.6. The Morgan fingerprint density at radius 3 is 1.71 bits per heavy atom. The van der Waals surface area contributed by atoms with Crippen LogP contribution in [0.15, 0.2) is 53.4 Å². The molecule has 0 amide bonds. The van der Waals surface area contributed by atoms with Crippen LogP contribution in [0.3, 0.4) is 0 Å². The third-order valence-corrected chi connectivity index (χ3v) is 4.80. The van der Waals surface area contributed by atoms with Gasteiger partial charge in [-0.25, -0.2) is 12.7 Å². The Hall–Kier alpha value is -1.95. The van der Waals surface area contributed by atoms with Crippen molar-refractivity contribution in [2.75, 3.05) is 4.31 Å². The van der Waals surface area contributed by atoms with E-state index in [1.165, 1.54) is 24.3 Å². The van der Waals surface area contributed by atoms with Crippen molar-refractivity contribution in [2.24, 2.45) is 0 Å². The largest absolute Gasteiger partial charge is 0.328 e. The molecule has 0 fully saturated rings. The SMILES string of the molecule is Cc1ccc(N(C(F)F)S(=O)(=O)c2ccc(C)cc2)cc1. The first-order valence-electron chi connectivity index (χ1n) is 6.28. The van der Waals surface area contributed by atoms with E-state index >= 15 is 0 Å². The fourth-order valence-corrected chi connectivity index (χ4v) is 3.19. The molecule has 0 aliphatic carbocycles. The van der Waals surface area contributed by atoms with E-state index in [-0.39, 0.29) is 14.9 Å². The second kappa shape index (κ2) is 5.81. The van der Waals surface area contributed by atoms with Gasteiger partial charge in [0.05, 0.1) is 10.6 Å². The highest BCUT2D eigenvalue weighted by Crippen LogP contribution is 2.27. The van der Waals surface area contributed by atoms with Crippen LogP contribution in [-0.2, 0) is 10.0 Å². The fraction of sp³-hybridized carbons (Fsp3) is 0.200. The second-order valence-electron chi connectivity index (χ2n) is 4.73. The average molecular weight is 311 g/mol. The van der Waals surface area contributed by atoms with Gasteiger partial charge < -0.3 is 0 Å². The van der Waals surface area contributed by atoms with E-state index in [1.54, 1.807) is 38.1 Å². The minimum Gasteiger partial charge on any atom is -0.207 e. The average Bonchev–Trinajstić information content (AvgIpc) is 2.41. The normalized spacial score (nSPS) is 11.7. The molecule has 0 aliphatic rings. The first-order valence-corrected chi connectivity index (χ1v) is 7.72. The van der Waals surface area contributed by atoms with Crippen molar-refractivity contribution in [3.63, 3.8) is 0 Å². The van der Waals surface area contributed by atoms with E-state index in [0.717, 1.165) is 11.1 Å². The van der Waals surface area contributed by atoms with Gasteiger partial charge in [-0.2, -0.15) is 8.78 Å². The molecule has 0 heterocycles. The Bertz CT molecular complexity index is 710. The van der Waals surface area contributed by atoms with Crippen molar-refractivity contribution < 1.29 is 17.2 Å². The molecule has 0 bridgehead atoms. The number of aryl methyl sites for hydroxylation is 2. The lowest BCUT2D eigenvalue weighted by Crippen LogP contribution is -2.35. The van der Waals surface area contributed by atoms with Crippen LogP contribution in [-0.4, -0.2) is 15.0 Å². The fourth-order valence-electron chi connectivity index (χ4n) is 1.87. The predicted molar refractivity (Wildman–Crippen MR) is 78.0 cm³/mol. The first kappa shape index (κ1) is 15.4. The Labute approximate surface area is 122 Å². The lowest BCUT2D eigenvalue weighted by atomic mass is 10.2. The number of alkyl halides is 2. The van der Waals surface area contributed by atoms with Gasteiger partial charge in [0.2, 0.25) is 0 Å². The summed E-state index contributed by atoms with van der Waals surface area (Å²) in [5.41, 5.74) is 1.66. The number of rotatable bonds is 4. The summed E-state index contributed by atoms with van der Waals surface area (Å²) in [7, 11) is -4.30. The molecule has 0 N–H and O–H groups in total. The maximum atomic E-state index is 13.3. The summed E-state index contributed by atoms with van der Waals surface area (Å²) in [4.78, 5) is -0.158. The molecule has 2 aromatic rings. The molecule has 0 saturated carbocycles. The van der Waals surface area contributed by atoms with E-state index in [2.05, 4.69) is 0 Å². The van der Waals surface area contributed by atoms with Gasteiger partial charge in [0.1, 0.15) is 0 Å². The number of nitrogens with zero attached hydrogens (tertiary/aromatic N) is 1. The van der Waals surface area contributed by atoms with Crippen molar-refractivity contribution in [1.82, 2.24) is 0 Å². The highest BCUT2D eigenvalue weighted by molar-refractivity contribution is 7.92. The summed E-state index contributed by atoms with van der Waals surface area (Å²) in [5.74, 6) is 0. The van der Waals surface area contributed by atoms with Gasteiger partial charge in [-0.15, -0.1) is 0 Å². The quantitative estimate of drug-likeness (QED) is 0.807. The first-order chi connectivity index (χ1) is 9.82. The molecule has 112 valence electrons. The number of anilines is 1. The van der Waals surface area contributed by atoms with Crippen molar-refractivity contribution >= 4 is 15.7 Å². The minimum absolute atomic E-state index is 0.0591. The number of sulfonamides is 1. The third-order valence-electron chi connectivity index (χ3n) is 3.04. The van der Waals surface area contributed by atoms with Crippen LogP contribution in [0.25, 0.3) is 0 Å². The molecule has 0 aliphatic heterocycles. The second-order valence-corrected chi connectivity index (χ2v) is 6.54. The molecule has 21 heavy (non-hydrogen) atoms. The van der Waals surface area contributed by atoms with Gasteiger partial charge in [-0.3, -0.25) is 0 Å². The highest BCUT2D eigenvalue weighted by atomic mass is 32.2. The van der Waals surface area contributed by atoms with Crippen LogP contribution < -0.4 is 4.31 Å². The molecule has 0 radical (unpaired) electrons. The van der Waals surface area contributed by atoms with E-state index in [0.29, 0.717) is 0 Å². The van der Waals surface area contributed by atoms with E-state index < -0.39 is 16.6 Å². The molecule has 0 spiro atoms. The standard InChI is InChI=1S/C15H15F2NO2S/c1-11-3-7-13(8-4-11)18(15(16)17)21(19,20)14-9-5-12(2)6-10-14/h3-10,15H,1-2H3. The Kier molecular flexibility index (Phi) is 4.27. The van der Waals surface area contributed by atoms with Crippen molar-refractivity contribution in [1.29, 1.82) is 0 Å². The maximum absolute atomic E-state index is 13.3. The zero-order valence-corrected chi connectivity index (χ0v) is 12.4. The van der Waals surface area contributed by atoms with Crippen molar-refractivity contribution in [2.45, 2.75) is 25.3 Å². The smallest absolute Gasteiger partial charge is 0.207 e. The van der Waals surface area contributed by atoms with E-state index in [4.69, 9.17) is 0 Å². The molecule has 2 rings (SSSR count). The molecule has 0 aromatic heterocycles. The van der Waals surface area contributed by atoms with Crippen LogP contribution >= 0.6 is 0 Å². The van der Waals surface area contributed by atoms with Gasteiger partial charge in [0, 0.05) is 0 Å². The van der Waals surface area contributed by atoms with Gasteiger partial charge in [0.25, 0.3) is 10.0 Å². The minimum atomic E-state index is -4.30. The van der Waals surface area contributed by atoms with Crippen LogP contribution in [0, 0.1) is 13.8 Å². The summed E-state index contributed by atoms with van der Waals surface area (Å²) in [6, 6.07) is 11.7. The summed E-state index contributed by atoms with van der Waals surface area (Å²) in [6.45, 7) is 0.436. The lowest BCUT2D eigenvalue weighted by molar-refractivity contribution is 0.162. The molecule has 0 atom stereocenters. The van der Waals surface area contributed by atoms with Gasteiger partial charge in [0.15, 0.2) is 0 Å². The van der Waals surface area contributed by atoms with Crippen LogP contribution in [0.2, 0.25) is 0 Å². The molecule has 3 nitrogen and oxygen atoms in total. The maximum Gasteiger partial charge on any atom is 0.328 e. The Morgan fingerprint density at radius 2 is 1.29 bits per heavy atom. The lowest BCUT2D eigenvalue weighted by Gasteiger charge is -2.23. The van der Waals surface area contributed by atoms with E-state index in [1.807, 2.05) is 0 Å². The number of halogens is 2. The van der Waals surface area contributed by atoms with Crippen LogP contribution in [0.1, 0.15) is 11.1 Å². The molecule has 0 unspecified atom stereocenters. The molecule has 2 aromatic carbocycles. The van der Waals surface area contributed by atoms with Crippen molar-refractivity contribution in [3.8, 4) is 0 Å². The van der Waals surface area contributed by atoms with Gasteiger partial charge >= 0.3 is 6.55 Å². The molecular weight excluding hydrogens is 296 g/mol. The monoisotopic (exact) mass is 311 g/mol. The third kappa shape index (κ3) is 3.21. The van der Waals surface area contributed by atoms with E-state index in [9.17, 15) is 17.2 Å².